The van der Waals surface area contributed by atoms with E-state index in [4.69, 9.17) is 10.7 Å². The molecule has 1 atom stereocenters. The summed E-state index contributed by atoms with van der Waals surface area (Å²) in [6.07, 6.45) is 7.40. The van der Waals surface area contributed by atoms with E-state index in [9.17, 15) is 0 Å². The van der Waals surface area contributed by atoms with E-state index >= 15 is 0 Å². The minimum Gasteiger partial charge on any atom is -0.355 e. The molecule has 2 N–H and O–H groups in total. The predicted molar refractivity (Wildman–Crippen MR) is 87.7 cm³/mol. The number of aromatic nitrogens is 1. The van der Waals surface area contributed by atoms with Crippen LogP contribution < -0.4 is 10.6 Å². The molecule has 4 heteroatoms. The van der Waals surface area contributed by atoms with Gasteiger partial charge in [0, 0.05) is 37.4 Å². The SMILES string of the molecule is CN1CCCC(N(C)c2nc3c(cc2CN)CCCC3)C1. The molecule has 0 amide bonds. The second-order valence-corrected chi connectivity index (χ2v) is 6.66. The lowest BCUT2D eigenvalue weighted by Gasteiger charge is -2.37. The molecule has 0 saturated carbocycles. The summed E-state index contributed by atoms with van der Waals surface area (Å²) in [6.45, 7) is 2.92. The Kier molecular flexibility index (Phi) is 4.45. The van der Waals surface area contributed by atoms with Gasteiger partial charge in [-0.3, -0.25) is 0 Å². The zero-order chi connectivity index (χ0) is 14.8. The molecule has 21 heavy (non-hydrogen) atoms. The van der Waals surface area contributed by atoms with Gasteiger partial charge >= 0.3 is 0 Å². The number of hydrogen-bond acceptors (Lipinski definition) is 4. The molecule has 0 bridgehead atoms. The maximum absolute atomic E-state index is 6.00. The number of rotatable bonds is 3. The van der Waals surface area contributed by atoms with Crippen molar-refractivity contribution >= 4 is 5.82 Å². The number of anilines is 1. The average molecular weight is 288 g/mol. The lowest BCUT2D eigenvalue weighted by molar-refractivity contribution is 0.247. The first-order valence-electron chi connectivity index (χ1n) is 8.32. The van der Waals surface area contributed by atoms with Gasteiger partial charge in [0.2, 0.25) is 0 Å². The third-order valence-corrected chi connectivity index (χ3v) is 5.06. The van der Waals surface area contributed by atoms with Crippen LogP contribution in [0.2, 0.25) is 0 Å². The Hall–Kier alpha value is -1.13. The lowest BCUT2D eigenvalue weighted by Crippen LogP contribution is -2.45. The van der Waals surface area contributed by atoms with Gasteiger partial charge in [-0.2, -0.15) is 0 Å². The highest BCUT2D eigenvalue weighted by Gasteiger charge is 2.24. The molecule has 1 unspecified atom stereocenters. The molecule has 0 radical (unpaired) electrons. The molecule has 0 aromatic carbocycles. The van der Waals surface area contributed by atoms with Gasteiger partial charge in [0.25, 0.3) is 0 Å². The van der Waals surface area contributed by atoms with E-state index in [1.165, 1.54) is 55.5 Å². The van der Waals surface area contributed by atoms with Gasteiger partial charge in [0.15, 0.2) is 0 Å². The van der Waals surface area contributed by atoms with Crippen LogP contribution >= 0.6 is 0 Å². The van der Waals surface area contributed by atoms with Crippen molar-refractivity contribution in [2.24, 2.45) is 5.73 Å². The molecule has 2 heterocycles. The zero-order valence-electron chi connectivity index (χ0n) is 13.4. The van der Waals surface area contributed by atoms with Gasteiger partial charge < -0.3 is 15.5 Å². The fraction of sp³-hybridized carbons (Fsp3) is 0.706. The number of nitrogens with two attached hydrogens (primary N) is 1. The van der Waals surface area contributed by atoms with Crippen LogP contribution in [0.3, 0.4) is 0 Å². The maximum atomic E-state index is 6.00. The number of aryl methyl sites for hydroxylation is 2. The summed E-state index contributed by atoms with van der Waals surface area (Å²) in [5.41, 5.74) is 9.96. The van der Waals surface area contributed by atoms with Crippen molar-refractivity contribution in [2.75, 3.05) is 32.1 Å². The standard InChI is InChI=1S/C17H28N4/c1-20-9-5-7-15(12-20)21(2)17-14(11-18)10-13-6-3-4-8-16(13)19-17/h10,15H,3-9,11-12,18H2,1-2H3. The van der Waals surface area contributed by atoms with Crippen LogP contribution in [-0.2, 0) is 19.4 Å². The van der Waals surface area contributed by atoms with Crippen LogP contribution in [0.4, 0.5) is 5.82 Å². The summed E-state index contributed by atoms with van der Waals surface area (Å²) in [5, 5.41) is 0. The van der Waals surface area contributed by atoms with Gasteiger partial charge in [0.1, 0.15) is 5.82 Å². The predicted octanol–water partition coefficient (Wildman–Crippen LogP) is 1.95. The van der Waals surface area contributed by atoms with Gasteiger partial charge in [-0.15, -0.1) is 0 Å². The summed E-state index contributed by atoms with van der Waals surface area (Å²) in [7, 11) is 4.41. The highest BCUT2D eigenvalue weighted by atomic mass is 15.2. The fourth-order valence-corrected chi connectivity index (χ4v) is 3.75. The van der Waals surface area contributed by atoms with Gasteiger partial charge in [-0.25, -0.2) is 4.98 Å². The van der Waals surface area contributed by atoms with Crippen molar-refractivity contribution in [3.05, 3.63) is 22.9 Å². The quantitative estimate of drug-likeness (QED) is 0.923. The number of piperidine rings is 1. The van der Waals surface area contributed by atoms with E-state index in [-0.39, 0.29) is 0 Å². The van der Waals surface area contributed by atoms with Crippen molar-refractivity contribution in [2.45, 2.75) is 51.1 Å². The van der Waals surface area contributed by atoms with Crippen molar-refractivity contribution in [1.82, 2.24) is 9.88 Å². The zero-order valence-corrected chi connectivity index (χ0v) is 13.4. The summed E-state index contributed by atoms with van der Waals surface area (Å²) in [6, 6.07) is 2.88. The number of fused-ring (bicyclic) bond motifs is 1. The summed E-state index contributed by atoms with van der Waals surface area (Å²) in [4.78, 5) is 9.82. The third kappa shape index (κ3) is 3.06. The first kappa shape index (κ1) is 14.8. The Morgan fingerprint density at radius 3 is 2.90 bits per heavy atom. The van der Waals surface area contributed by atoms with E-state index in [0.29, 0.717) is 12.6 Å². The minimum atomic E-state index is 0.559. The highest BCUT2D eigenvalue weighted by Crippen LogP contribution is 2.28. The number of likely N-dealkylation sites (tertiary alicyclic amines) is 1. The largest absolute Gasteiger partial charge is 0.355 e. The molecule has 4 nitrogen and oxygen atoms in total. The van der Waals surface area contributed by atoms with Crippen LogP contribution in [-0.4, -0.2) is 43.1 Å². The van der Waals surface area contributed by atoms with Crippen LogP contribution in [0, 0.1) is 0 Å². The first-order chi connectivity index (χ1) is 10.2. The Labute approximate surface area is 128 Å². The minimum absolute atomic E-state index is 0.559. The Morgan fingerprint density at radius 2 is 2.14 bits per heavy atom. The summed E-state index contributed by atoms with van der Waals surface area (Å²) >= 11 is 0. The lowest BCUT2D eigenvalue weighted by atomic mass is 9.94. The molecule has 1 aromatic heterocycles. The van der Waals surface area contributed by atoms with Crippen molar-refractivity contribution in [1.29, 1.82) is 0 Å². The van der Waals surface area contributed by atoms with Gasteiger partial charge in [0.05, 0.1) is 0 Å². The molecule has 116 valence electrons. The smallest absolute Gasteiger partial charge is 0.133 e. The number of pyridine rings is 1. The van der Waals surface area contributed by atoms with E-state index in [1.54, 1.807) is 0 Å². The summed E-state index contributed by atoms with van der Waals surface area (Å²) in [5.74, 6) is 1.12. The molecule has 3 rings (SSSR count). The second-order valence-electron chi connectivity index (χ2n) is 6.66. The number of hydrogen-bond donors (Lipinski definition) is 1. The second kappa shape index (κ2) is 6.32. The van der Waals surface area contributed by atoms with Crippen LogP contribution in [0.25, 0.3) is 0 Å². The molecule has 1 aliphatic carbocycles. The molecular formula is C17H28N4. The van der Waals surface area contributed by atoms with Crippen LogP contribution in [0.5, 0.6) is 0 Å². The molecule has 2 aliphatic rings. The van der Waals surface area contributed by atoms with Crippen molar-refractivity contribution in [3.63, 3.8) is 0 Å². The van der Waals surface area contributed by atoms with E-state index in [1.807, 2.05) is 0 Å². The molecule has 1 aromatic rings. The van der Waals surface area contributed by atoms with Crippen molar-refractivity contribution in [3.8, 4) is 0 Å². The normalized spacial score (nSPS) is 22.9. The Balaban J connectivity index is 1.89. The topological polar surface area (TPSA) is 45.4 Å². The molecule has 1 saturated heterocycles. The van der Waals surface area contributed by atoms with Gasteiger partial charge in [-0.05, 0) is 63.7 Å². The van der Waals surface area contributed by atoms with Crippen LogP contribution in [0.1, 0.15) is 42.5 Å². The highest BCUT2D eigenvalue weighted by molar-refractivity contribution is 5.51. The Morgan fingerprint density at radius 1 is 1.33 bits per heavy atom. The molecule has 0 spiro atoms. The van der Waals surface area contributed by atoms with Gasteiger partial charge in [-0.1, -0.05) is 0 Å². The Bertz CT molecular complexity index is 500. The summed E-state index contributed by atoms with van der Waals surface area (Å²) < 4.78 is 0. The first-order valence-corrected chi connectivity index (χ1v) is 8.32. The van der Waals surface area contributed by atoms with E-state index < -0.39 is 0 Å². The number of likely N-dealkylation sites (N-methyl/N-ethyl adjacent to an activating group) is 2. The van der Waals surface area contributed by atoms with E-state index in [2.05, 4.69) is 30.0 Å². The third-order valence-electron chi connectivity index (χ3n) is 5.06. The average Bonchev–Trinajstić information content (AvgIpc) is 2.53. The van der Waals surface area contributed by atoms with E-state index in [0.717, 1.165) is 18.8 Å². The monoisotopic (exact) mass is 288 g/mol. The molecular weight excluding hydrogens is 260 g/mol. The fourth-order valence-electron chi connectivity index (χ4n) is 3.75. The molecule has 1 aliphatic heterocycles. The molecule has 1 fully saturated rings. The number of nitrogens with zero attached hydrogens (tertiary/aromatic N) is 3. The van der Waals surface area contributed by atoms with Crippen LogP contribution in [0.15, 0.2) is 6.07 Å². The maximum Gasteiger partial charge on any atom is 0.133 e. The van der Waals surface area contributed by atoms with Crippen molar-refractivity contribution < 1.29 is 0 Å².